The van der Waals surface area contributed by atoms with Gasteiger partial charge in [0.05, 0.1) is 0 Å². The highest BCUT2D eigenvalue weighted by Crippen LogP contribution is 2.31. The number of rotatable bonds is 4. The van der Waals surface area contributed by atoms with Crippen LogP contribution in [0.5, 0.6) is 5.75 Å². The third-order valence-corrected chi connectivity index (χ3v) is 4.08. The summed E-state index contributed by atoms with van der Waals surface area (Å²) in [6.07, 6.45) is 0.863. The molecule has 118 valence electrons. The maximum absolute atomic E-state index is 12.5. The quantitative estimate of drug-likeness (QED) is 0.815. The van der Waals surface area contributed by atoms with Crippen molar-refractivity contribution in [3.8, 4) is 5.75 Å². The molecule has 4 heteroatoms. The van der Waals surface area contributed by atoms with Gasteiger partial charge in [-0.05, 0) is 44.0 Å². The molecule has 0 N–H and O–H groups in total. The van der Waals surface area contributed by atoms with Crippen LogP contribution in [0.4, 0.5) is 5.69 Å². The van der Waals surface area contributed by atoms with Gasteiger partial charge in [-0.3, -0.25) is 9.59 Å². The van der Waals surface area contributed by atoms with E-state index < -0.39 is 0 Å². The first-order valence-electron chi connectivity index (χ1n) is 7.70. The topological polar surface area (TPSA) is 46.6 Å². The van der Waals surface area contributed by atoms with Crippen LogP contribution in [0, 0.1) is 0 Å². The molecule has 0 aromatic heterocycles. The Morgan fingerprint density at radius 3 is 2.74 bits per heavy atom. The summed E-state index contributed by atoms with van der Waals surface area (Å²) >= 11 is 0. The molecule has 2 aromatic carbocycles. The van der Waals surface area contributed by atoms with E-state index in [0.29, 0.717) is 11.3 Å². The minimum absolute atomic E-state index is 0.0242. The average Bonchev–Trinajstić information content (AvgIpc) is 2.88. The highest BCUT2D eigenvalue weighted by molar-refractivity contribution is 5.97. The van der Waals surface area contributed by atoms with Crippen LogP contribution in [0.25, 0.3) is 0 Å². The van der Waals surface area contributed by atoms with Gasteiger partial charge in [0.1, 0.15) is 5.75 Å². The van der Waals surface area contributed by atoms with E-state index in [4.69, 9.17) is 4.74 Å². The summed E-state index contributed by atoms with van der Waals surface area (Å²) in [5.74, 6) is 0.436. The van der Waals surface area contributed by atoms with E-state index in [0.717, 1.165) is 12.1 Å². The maximum atomic E-state index is 12.5. The van der Waals surface area contributed by atoms with E-state index in [1.54, 1.807) is 29.2 Å². The lowest BCUT2D eigenvalue weighted by atomic mass is 10.1. The minimum Gasteiger partial charge on any atom is -0.484 e. The molecule has 1 atom stereocenters. The molecule has 0 radical (unpaired) electrons. The monoisotopic (exact) mass is 309 g/mol. The molecular weight excluding hydrogens is 290 g/mol. The summed E-state index contributed by atoms with van der Waals surface area (Å²) in [7, 11) is 0. The summed E-state index contributed by atoms with van der Waals surface area (Å²) in [4.78, 5) is 25.7. The predicted octanol–water partition coefficient (Wildman–Crippen LogP) is 3.25. The Morgan fingerprint density at radius 2 is 1.96 bits per heavy atom. The Labute approximate surface area is 135 Å². The van der Waals surface area contributed by atoms with Crippen LogP contribution < -0.4 is 9.64 Å². The number of para-hydroxylation sites is 1. The summed E-state index contributed by atoms with van der Waals surface area (Å²) in [6.45, 7) is 3.50. The van der Waals surface area contributed by atoms with Crippen LogP contribution >= 0.6 is 0 Å². The van der Waals surface area contributed by atoms with Gasteiger partial charge in [0.25, 0.3) is 5.91 Å². The van der Waals surface area contributed by atoms with Crippen molar-refractivity contribution >= 4 is 17.4 Å². The normalized spacial score (nSPS) is 16.1. The molecule has 1 heterocycles. The number of carbonyl (C=O) groups is 2. The van der Waals surface area contributed by atoms with Crippen molar-refractivity contribution in [1.29, 1.82) is 0 Å². The molecule has 0 fully saturated rings. The first kappa shape index (κ1) is 15.3. The second-order valence-corrected chi connectivity index (χ2v) is 5.82. The molecule has 0 aliphatic carbocycles. The van der Waals surface area contributed by atoms with Gasteiger partial charge < -0.3 is 9.64 Å². The molecule has 23 heavy (non-hydrogen) atoms. The number of fused-ring (bicyclic) bond motifs is 1. The Kier molecular flexibility index (Phi) is 4.15. The first-order valence-corrected chi connectivity index (χ1v) is 7.70. The number of ether oxygens (including phenoxy) is 1. The SMILES string of the molecule is CC(=O)c1cccc(OCC(=O)N2c3ccccc3CC2C)c1. The van der Waals surface area contributed by atoms with Gasteiger partial charge in [0.15, 0.2) is 12.4 Å². The van der Waals surface area contributed by atoms with Crippen molar-refractivity contribution in [2.45, 2.75) is 26.3 Å². The number of hydrogen-bond acceptors (Lipinski definition) is 3. The molecule has 1 unspecified atom stereocenters. The Morgan fingerprint density at radius 1 is 1.17 bits per heavy atom. The lowest BCUT2D eigenvalue weighted by molar-refractivity contribution is -0.120. The molecule has 0 saturated heterocycles. The van der Waals surface area contributed by atoms with Gasteiger partial charge in [0, 0.05) is 17.3 Å². The largest absolute Gasteiger partial charge is 0.484 e. The molecule has 1 aliphatic heterocycles. The van der Waals surface area contributed by atoms with Crippen molar-refractivity contribution in [3.05, 3.63) is 59.7 Å². The molecule has 3 rings (SSSR count). The maximum Gasteiger partial charge on any atom is 0.265 e. The molecule has 0 bridgehead atoms. The van der Waals surface area contributed by atoms with E-state index in [2.05, 4.69) is 6.07 Å². The molecular formula is C19H19NO3. The number of ketones is 1. The highest BCUT2D eigenvalue weighted by Gasteiger charge is 2.30. The first-order chi connectivity index (χ1) is 11.1. The van der Waals surface area contributed by atoms with Gasteiger partial charge in [-0.1, -0.05) is 30.3 Å². The smallest absolute Gasteiger partial charge is 0.265 e. The number of benzene rings is 2. The van der Waals surface area contributed by atoms with Crippen LogP contribution in [0.1, 0.15) is 29.8 Å². The number of amides is 1. The van der Waals surface area contributed by atoms with Gasteiger partial charge in [0.2, 0.25) is 0 Å². The van der Waals surface area contributed by atoms with Crippen molar-refractivity contribution in [2.24, 2.45) is 0 Å². The van der Waals surface area contributed by atoms with Crippen LogP contribution in [0.2, 0.25) is 0 Å². The zero-order valence-electron chi connectivity index (χ0n) is 13.3. The van der Waals surface area contributed by atoms with Crippen LogP contribution in [0.15, 0.2) is 48.5 Å². The van der Waals surface area contributed by atoms with Gasteiger partial charge >= 0.3 is 0 Å². The van der Waals surface area contributed by atoms with E-state index >= 15 is 0 Å². The second-order valence-electron chi connectivity index (χ2n) is 5.82. The zero-order chi connectivity index (χ0) is 16.4. The molecule has 1 amide bonds. The standard InChI is InChI=1S/C19H19NO3/c1-13-10-16-6-3-4-9-18(16)20(13)19(22)12-23-17-8-5-7-15(11-17)14(2)21/h3-9,11,13H,10,12H2,1-2H3. The summed E-state index contributed by atoms with van der Waals surface area (Å²) in [5.41, 5.74) is 2.73. The van der Waals surface area contributed by atoms with Gasteiger partial charge in [-0.25, -0.2) is 0 Å². The molecule has 0 saturated carbocycles. The fraction of sp³-hybridized carbons (Fsp3) is 0.263. The molecule has 2 aromatic rings. The summed E-state index contributed by atoms with van der Waals surface area (Å²) < 4.78 is 5.59. The Balaban J connectivity index is 1.71. The number of hydrogen-bond donors (Lipinski definition) is 0. The van der Waals surface area contributed by atoms with Crippen LogP contribution in [0.3, 0.4) is 0 Å². The number of nitrogens with zero attached hydrogens (tertiary/aromatic N) is 1. The fourth-order valence-electron chi connectivity index (χ4n) is 2.97. The van der Waals surface area contributed by atoms with Crippen molar-refractivity contribution < 1.29 is 14.3 Å². The molecule has 1 aliphatic rings. The van der Waals surface area contributed by atoms with Crippen LogP contribution in [-0.2, 0) is 11.2 Å². The van der Waals surface area contributed by atoms with Gasteiger partial charge in [-0.2, -0.15) is 0 Å². The lowest BCUT2D eigenvalue weighted by Gasteiger charge is -2.22. The van der Waals surface area contributed by atoms with E-state index in [1.165, 1.54) is 12.5 Å². The summed E-state index contributed by atoms with van der Waals surface area (Å²) in [5, 5.41) is 0. The fourth-order valence-corrected chi connectivity index (χ4v) is 2.97. The Hall–Kier alpha value is -2.62. The average molecular weight is 309 g/mol. The number of carbonyl (C=O) groups excluding carboxylic acids is 2. The van der Waals surface area contributed by atoms with E-state index in [1.807, 2.05) is 25.1 Å². The number of Topliss-reactive ketones (excluding diaryl/α,β-unsaturated/α-hetero) is 1. The van der Waals surface area contributed by atoms with Crippen molar-refractivity contribution in [3.63, 3.8) is 0 Å². The third kappa shape index (κ3) is 3.11. The van der Waals surface area contributed by atoms with Gasteiger partial charge in [-0.15, -0.1) is 0 Å². The summed E-state index contributed by atoms with van der Waals surface area (Å²) in [6, 6.07) is 15.0. The Bertz CT molecular complexity index is 754. The third-order valence-electron chi connectivity index (χ3n) is 4.08. The molecule has 4 nitrogen and oxygen atoms in total. The molecule has 0 spiro atoms. The minimum atomic E-state index is -0.0734. The van der Waals surface area contributed by atoms with E-state index in [-0.39, 0.29) is 24.3 Å². The highest BCUT2D eigenvalue weighted by atomic mass is 16.5. The zero-order valence-corrected chi connectivity index (χ0v) is 13.3. The van der Waals surface area contributed by atoms with E-state index in [9.17, 15) is 9.59 Å². The predicted molar refractivity (Wildman–Crippen MR) is 89.0 cm³/mol. The van der Waals surface area contributed by atoms with Crippen molar-refractivity contribution in [1.82, 2.24) is 0 Å². The number of anilines is 1. The van der Waals surface area contributed by atoms with Crippen LogP contribution in [-0.4, -0.2) is 24.3 Å². The van der Waals surface area contributed by atoms with Crippen molar-refractivity contribution in [2.75, 3.05) is 11.5 Å². The lowest BCUT2D eigenvalue weighted by Crippen LogP contribution is -2.39. The second kappa shape index (κ2) is 6.24.